The third-order valence-electron chi connectivity index (χ3n) is 3.17. The van der Waals surface area contributed by atoms with Crippen molar-refractivity contribution < 1.29 is 4.79 Å². The van der Waals surface area contributed by atoms with Crippen LogP contribution >= 0.6 is 0 Å². The highest BCUT2D eigenvalue weighted by Crippen LogP contribution is 2.18. The Morgan fingerprint density at radius 3 is 2.47 bits per heavy atom. The largest absolute Gasteiger partial charge is 0.278 e. The quantitative estimate of drug-likeness (QED) is 0.849. The van der Waals surface area contributed by atoms with Gasteiger partial charge in [-0.25, -0.2) is 4.68 Å². The van der Waals surface area contributed by atoms with E-state index in [9.17, 15) is 4.79 Å². The molecule has 2 aromatic rings. The van der Waals surface area contributed by atoms with Gasteiger partial charge in [0.15, 0.2) is 0 Å². The fourth-order valence-electron chi connectivity index (χ4n) is 2.19. The SMILES string of the molecule is Cc1nn(C(=O)c2ccncc2)c(C)c1CC(C)C. The lowest BCUT2D eigenvalue weighted by molar-refractivity contribution is 0.0942. The Morgan fingerprint density at radius 1 is 1.26 bits per heavy atom. The molecule has 0 saturated carbocycles. The van der Waals surface area contributed by atoms with E-state index in [4.69, 9.17) is 0 Å². The van der Waals surface area contributed by atoms with E-state index in [2.05, 4.69) is 23.9 Å². The maximum absolute atomic E-state index is 12.4. The average Bonchev–Trinajstić information content (AvgIpc) is 2.66. The van der Waals surface area contributed by atoms with Crippen LogP contribution in [0.2, 0.25) is 0 Å². The lowest BCUT2D eigenvalue weighted by Crippen LogP contribution is -2.15. The maximum Gasteiger partial charge on any atom is 0.278 e. The monoisotopic (exact) mass is 257 g/mol. The highest BCUT2D eigenvalue weighted by atomic mass is 16.2. The summed E-state index contributed by atoms with van der Waals surface area (Å²) < 4.78 is 1.50. The maximum atomic E-state index is 12.4. The summed E-state index contributed by atoms with van der Waals surface area (Å²) in [5.41, 5.74) is 3.66. The van der Waals surface area contributed by atoms with Crippen LogP contribution in [0.25, 0.3) is 0 Å². The van der Waals surface area contributed by atoms with Gasteiger partial charge in [0.1, 0.15) is 0 Å². The van der Waals surface area contributed by atoms with Gasteiger partial charge in [0.2, 0.25) is 0 Å². The molecule has 4 heteroatoms. The summed E-state index contributed by atoms with van der Waals surface area (Å²) in [6.07, 6.45) is 4.18. The number of rotatable bonds is 3. The topological polar surface area (TPSA) is 47.8 Å². The van der Waals surface area contributed by atoms with E-state index in [-0.39, 0.29) is 5.91 Å². The molecule has 2 heterocycles. The van der Waals surface area contributed by atoms with Crippen molar-refractivity contribution in [2.75, 3.05) is 0 Å². The molecule has 0 aliphatic rings. The van der Waals surface area contributed by atoms with Crippen LogP contribution < -0.4 is 0 Å². The van der Waals surface area contributed by atoms with Gasteiger partial charge in [0.05, 0.1) is 5.69 Å². The van der Waals surface area contributed by atoms with Gasteiger partial charge in [-0.05, 0) is 43.9 Å². The predicted molar refractivity (Wildman–Crippen MR) is 74.2 cm³/mol. The Hall–Kier alpha value is -1.97. The minimum absolute atomic E-state index is 0.0991. The number of pyridine rings is 1. The summed E-state index contributed by atoms with van der Waals surface area (Å²) in [7, 11) is 0. The van der Waals surface area contributed by atoms with Crippen LogP contribution in [0.4, 0.5) is 0 Å². The molecule has 0 aliphatic carbocycles. The molecule has 0 N–H and O–H groups in total. The molecule has 0 aliphatic heterocycles. The molecule has 0 amide bonds. The average molecular weight is 257 g/mol. The van der Waals surface area contributed by atoms with Crippen LogP contribution in [0.1, 0.15) is 41.2 Å². The molecule has 0 fully saturated rings. The number of hydrogen-bond donors (Lipinski definition) is 0. The van der Waals surface area contributed by atoms with Gasteiger partial charge in [-0.1, -0.05) is 13.8 Å². The first-order valence-electron chi connectivity index (χ1n) is 6.50. The Morgan fingerprint density at radius 2 is 1.89 bits per heavy atom. The first kappa shape index (κ1) is 13.5. The van der Waals surface area contributed by atoms with Crippen molar-refractivity contribution in [3.05, 3.63) is 47.0 Å². The van der Waals surface area contributed by atoms with Gasteiger partial charge in [-0.2, -0.15) is 5.10 Å². The van der Waals surface area contributed by atoms with Gasteiger partial charge in [0, 0.05) is 23.7 Å². The van der Waals surface area contributed by atoms with Crippen molar-refractivity contribution in [1.82, 2.24) is 14.8 Å². The molecule has 0 saturated heterocycles. The van der Waals surface area contributed by atoms with Crippen molar-refractivity contribution in [2.45, 2.75) is 34.1 Å². The van der Waals surface area contributed by atoms with Gasteiger partial charge in [-0.3, -0.25) is 9.78 Å². The molecule has 2 aromatic heterocycles. The molecule has 0 aromatic carbocycles. The number of aryl methyl sites for hydroxylation is 1. The molecule has 0 radical (unpaired) electrons. The Balaban J connectivity index is 2.39. The summed E-state index contributed by atoms with van der Waals surface area (Å²) in [5.74, 6) is 0.448. The lowest BCUT2D eigenvalue weighted by Gasteiger charge is -2.06. The number of nitrogens with zero attached hydrogens (tertiary/aromatic N) is 3. The second kappa shape index (κ2) is 5.34. The van der Waals surface area contributed by atoms with E-state index in [0.717, 1.165) is 17.8 Å². The van der Waals surface area contributed by atoms with Gasteiger partial charge >= 0.3 is 0 Å². The molecule has 19 heavy (non-hydrogen) atoms. The van der Waals surface area contributed by atoms with E-state index in [1.165, 1.54) is 10.2 Å². The van der Waals surface area contributed by atoms with Crippen LogP contribution in [-0.4, -0.2) is 20.7 Å². The summed E-state index contributed by atoms with van der Waals surface area (Å²) in [5, 5.41) is 4.39. The van der Waals surface area contributed by atoms with E-state index in [1.807, 2.05) is 13.8 Å². The summed E-state index contributed by atoms with van der Waals surface area (Å²) in [4.78, 5) is 16.3. The smallest absolute Gasteiger partial charge is 0.267 e. The Labute approximate surface area is 113 Å². The van der Waals surface area contributed by atoms with Crippen LogP contribution in [0, 0.1) is 19.8 Å². The number of hydrogen-bond acceptors (Lipinski definition) is 3. The predicted octanol–water partition coefficient (Wildman–Crippen LogP) is 2.78. The first-order valence-corrected chi connectivity index (χ1v) is 6.50. The molecule has 0 unspecified atom stereocenters. The zero-order valence-corrected chi connectivity index (χ0v) is 11.8. The molecule has 0 atom stereocenters. The summed E-state index contributed by atoms with van der Waals surface area (Å²) in [6, 6.07) is 3.42. The van der Waals surface area contributed by atoms with Gasteiger partial charge in [0.25, 0.3) is 5.91 Å². The van der Waals surface area contributed by atoms with Crippen LogP contribution in [0.3, 0.4) is 0 Å². The fourth-order valence-corrected chi connectivity index (χ4v) is 2.19. The van der Waals surface area contributed by atoms with Crippen molar-refractivity contribution >= 4 is 5.91 Å². The molecule has 2 rings (SSSR count). The van der Waals surface area contributed by atoms with Gasteiger partial charge in [-0.15, -0.1) is 0 Å². The highest BCUT2D eigenvalue weighted by molar-refractivity contribution is 5.95. The zero-order chi connectivity index (χ0) is 14.0. The molecular weight excluding hydrogens is 238 g/mol. The second-order valence-corrected chi connectivity index (χ2v) is 5.20. The normalized spacial score (nSPS) is 11.0. The summed E-state index contributed by atoms with van der Waals surface area (Å²) in [6.45, 7) is 8.25. The van der Waals surface area contributed by atoms with E-state index >= 15 is 0 Å². The molecule has 4 nitrogen and oxygen atoms in total. The number of aromatic nitrogens is 3. The van der Waals surface area contributed by atoms with Crippen molar-refractivity contribution in [3.8, 4) is 0 Å². The molecule has 0 bridgehead atoms. The second-order valence-electron chi connectivity index (χ2n) is 5.20. The first-order chi connectivity index (χ1) is 9.00. The number of carbonyl (C=O) groups excluding carboxylic acids is 1. The van der Waals surface area contributed by atoms with Crippen LogP contribution in [0.15, 0.2) is 24.5 Å². The summed E-state index contributed by atoms with van der Waals surface area (Å²) >= 11 is 0. The third kappa shape index (κ3) is 2.72. The molecular formula is C15H19N3O. The molecule has 100 valence electrons. The van der Waals surface area contributed by atoms with Crippen LogP contribution in [-0.2, 0) is 6.42 Å². The van der Waals surface area contributed by atoms with Crippen molar-refractivity contribution in [1.29, 1.82) is 0 Å². The van der Waals surface area contributed by atoms with Crippen LogP contribution in [0.5, 0.6) is 0 Å². The Bertz CT molecular complexity index is 585. The minimum atomic E-state index is -0.0991. The van der Waals surface area contributed by atoms with E-state index in [0.29, 0.717) is 11.5 Å². The highest BCUT2D eigenvalue weighted by Gasteiger charge is 2.18. The Kier molecular flexibility index (Phi) is 3.79. The standard InChI is InChI=1S/C15H19N3O/c1-10(2)9-14-11(3)17-18(12(14)4)15(19)13-5-7-16-8-6-13/h5-8,10H,9H2,1-4H3. The zero-order valence-electron chi connectivity index (χ0n) is 11.8. The van der Waals surface area contributed by atoms with Crippen molar-refractivity contribution in [2.24, 2.45) is 5.92 Å². The van der Waals surface area contributed by atoms with Gasteiger partial charge < -0.3 is 0 Å². The van der Waals surface area contributed by atoms with E-state index < -0.39 is 0 Å². The van der Waals surface area contributed by atoms with Crippen molar-refractivity contribution in [3.63, 3.8) is 0 Å². The number of carbonyl (C=O) groups is 1. The lowest BCUT2D eigenvalue weighted by atomic mass is 10.0. The fraction of sp³-hybridized carbons (Fsp3) is 0.400. The molecule has 0 spiro atoms. The minimum Gasteiger partial charge on any atom is -0.267 e. The van der Waals surface area contributed by atoms with E-state index in [1.54, 1.807) is 24.5 Å². The third-order valence-corrected chi connectivity index (χ3v) is 3.17.